The van der Waals surface area contributed by atoms with E-state index in [9.17, 15) is 22.8 Å². The van der Waals surface area contributed by atoms with E-state index in [1.165, 1.54) is 40.8 Å². The zero-order chi connectivity index (χ0) is 23.5. The van der Waals surface area contributed by atoms with Crippen molar-refractivity contribution in [2.45, 2.75) is 11.4 Å². The van der Waals surface area contributed by atoms with Crippen molar-refractivity contribution in [1.82, 2.24) is 9.55 Å². The van der Waals surface area contributed by atoms with Crippen LogP contribution >= 0.6 is 0 Å². The molecule has 10 nitrogen and oxygen atoms in total. The van der Waals surface area contributed by atoms with E-state index in [4.69, 9.17) is 5.73 Å². The number of nitrogens with two attached hydrogens (primary N) is 1. The van der Waals surface area contributed by atoms with Gasteiger partial charge in [0.05, 0.1) is 18.0 Å². The highest BCUT2D eigenvalue weighted by Gasteiger charge is 2.18. The number of sulfone groups is 1. The predicted octanol–water partition coefficient (Wildman–Crippen LogP) is 0.645. The topological polar surface area (TPSA) is 147 Å². The molecule has 0 aliphatic rings. The zero-order valence-corrected chi connectivity index (χ0v) is 18.3. The van der Waals surface area contributed by atoms with Crippen LogP contribution in [0.5, 0.6) is 0 Å². The van der Waals surface area contributed by atoms with Gasteiger partial charge in [0.25, 0.3) is 5.56 Å². The van der Waals surface area contributed by atoms with Crippen LogP contribution in [0.1, 0.15) is 5.56 Å². The molecule has 11 heteroatoms. The summed E-state index contributed by atoms with van der Waals surface area (Å²) in [6, 6.07) is 14.8. The summed E-state index contributed by atoms with van der Waals surface area (Å²) in [5, 5.41) is 2.63. The Bertz CT molecular complexity index is 1350. The maximum absolute atomic E-state index is 12.5. The quantitative estimate of drug-likeness (QED) is 0.472. The van der Waals surface area contributed by atoms with Crippen molar-refractivity contribution < 1.29 is 13.2 Å². The molecule has 0 aliphatic carbocycles. The number of amides is 1. The van der Waals surface area contributed by atoms with E-state index in [1.807, 2.05) is 30.3 Å². The van der Waals surface area contributed by atoms with Crippen molar-refractivity contribution in [3.63, 3.8) is 0 Å². The number of hydrogen-bond donors (Lipinski definition) is 3. The number of benzene rings is 2. The molecule has 0 atom stereocenters. The minimum atomic E-state index is -3.34. The molecule has 0 bridgehead atoms. The molecule has 4 N–H and O–H groups in total. The number of carbonyl (C=O) groups is 1. The number of H-pyrrole nitrogens is 1. The zero-order valence-electron chi connectivity index (χ0n) is 17.5. The van der Waals surface area contributed by atoms with Crippen LogP contribution in [-0.4, -0.2) is 43.7 Å². The molecular weight excluding hydrogens is 434 g/mol. The molecule has 32 heavy (non-hydrogen) atoms. The summed E-state index contributed by atoms with van der Waals surface area (Å²) in [4.78, 5) is 40.8. The van der Waals surface area contributed by atoms with Gasteiger partial charge in [0, 0.05) is 19.0 Å². The second-order valence-electron chi connectivity index (χ2n) is 7.27. The number of carbonyl (C=O) groups excluding carboxylic acids is 1. The van der Waals surface area contributed by atoms with E-state index >= 15 is 0 Å². The van der Waals surface area contributed by atoms with Crippen LogP contribution in [-0.2, 0) is 21.2 Å². The van der Waals surface area contributed by atoms with Gasteiger partial charge in [-0.2, -0.15) is 0 Å². The lowest BCUT2D eigenvalue weighted by Gasteiger charge is -2.21. The molecule has 3 aromatic rings. The van der Waals surface area contributed by atoms with Gasteiger partial charge in [0.1, 0.15) is 11.5 Å². The van der Waals surface area contributed by atoms with Crippen molar-refractivity contribution in [1.29, 1.82) is 0 Å². The van der Waals surface area contributed by atoms with Gasteiger partial charge in [-0.3, -0.25) is 19.1 Å². The van der Waals surface area contributed by atoms with Crippen LogP contribution in [0.4, 0.5) is 17.2 Å². The van der Waals surface area contributed by atoms with Crippen LogP contribution in [0.15, 0.2) is 69.1 Å². The third kappa shape index (κ3) is 5.24. The molecule has 3 rings (SSSR count). The summed E-state index contributed by atoms with van der Waals surface area (Å²) in [5.41, 5.74) is 5.98. The van der Waals surface area contributed by atoms with Crippen molar-refractivity contribution >= 4 is 32.9 Å². The molecule has 0 spiro atoms. The van der Waals surface area contributed by atoms with Crippen molar-refractivity contribution in [3.05, 3.63) is 81.0 Å². The normalized spacial score (nSPS) is 11.2. The van der Waals surface area contributed by atoms with Gasteiger partial charge in [-0.1, -0.05) is 30.3 Å². The maximum atomic E-state index is 12.5. The molecule has 0 radical (unpaired) electrons. The number of nitrogens with zero attached hydrogens (tertiary/aromatic N) is 2. The summed E-state index contributed by atoms with van der Waals surface area (Å²) < 4.78 is 24.3. The number of aromatic nitrogens is 2. The van der Waals surface area contributed by atoms with E-state index in [0.717, 1.165) is 11.8 Å². The number of aromatic amines is 1. The lowest BCUT2D eigenvalue weighted by Crippen LogP contribution is -2.39. The Hall–Kier alpha value is -3.86. The van der Waals surface area contributed by atoms with Gasteiger partial charge >= 0.3 is 5.69 Å². The smallest absolute Gasteiger partial charge is 0.330 e. The number of rotatable bonds is 7. The molecular formula is C21H23N5O5S. The highest BCUT2D eigenvalue weighted by Crippen LogP contribution is 2.17. The minimum absolute atomic E-state index is 0.0110. The number of hydrogen-bond acceptors (Lipinski definition) is 7. The lowest BCUT2D eigenvalue weighted by molar-refractivity contribution is -0.114. The van der Waals surface area contributed by atoms with Crippen molar-refractivity contribution in [3.8, 4) is 0 Å². The third-order valence-electron chi connectivity index (χ3n) is 4.73. The van der Waals surface area contributed by atoms with Gasteiger partial charge in [0.2, 0.25) is 5.91 Å². The average Bonchev–Trinajstić information content (AvgIpc) is 2.71. The van der Waals surface area contributed by atoms with E-state index in [0.29, 0.717) is 5.69 Å². The van der Waals surface area contributed by atoms with Gasteiger partial charge in [-0.15, -0.1) is 0 Å². The van der Waals surface area contributed by atoms with Crippen LogP contribution in [0.2, 0.25) is 0 Å². The molecule has 1 aromatic heterocycles. The molecule has 1 heterocycles. The molecule has 2 aromatic carbocycles. The molecule has 0 fully saturated rings. The Kier molecular flexibility index (Phi) is 6.49. The van der Waals surface area contributed by atoms with Gasteiger partial charge in [-0.05, 0) is 29.8 Å². The standard InChI is InChI=1S/C21H23N5O5S/c1-25(13-17(27)23-15-8-10-16(11-9-15)32(2,30)31)18-19(22)26(21(29)24-20(18)28)12-14-6-4-3-5-7-14/h3-11H,12-13,22H2,1-2H3,(H,23,27)(H,24,28,29). The Balaban J connectivity index is 1.79. The number of likely N-dealkylation sites (N-methyl/N-ethyl adjacent to an activating group) is 1. The second kappa shape index (κ2) is 9.10. The first-order chi connectivity index (χ1) is 15.1. The van der Waals surface area contributed by atoms with E-state index < -0.39 is 27.0 Å². The fraction of sp³-hybridized carbons (Fsp3) is 0.190. The van der Waals surface area contributed by atoms with E-state index in [-0.39, 0.29) is 29.5 Å². The third-order valence-corrected chi connectivity index (χ3v) is 5.85. The summed E-state index contributed by atoms with van der Waals surface area (Å²) >= 11 is 0. The van der Waals surface area contributed by atoms with Crippen LogP contribution in [0.3, 0.4) is 0 Å². The maximum Gasteiger partial charge on any atom is 0.330 e. The van der Waals surface area contributed by atoms with E-state index in [1.54, 1.807) is 0 Å². The van der Waals surface area contributed by atoms with Crippen molar-refractivity contribution in [2.24, 2.45) is 0 Å². The van der Waals surface area contributed by atoms with Gasteiger partial charge < -0.3 is 16.0 Å². The molecule has 168 valence electrons. The predicted molar refractivity (Wildman–Crippen MR) is 123 cm³/mol. The van der Waals surface area contributed by atoms with Crippen molar-refractivity contribution in [2.75, 3.05) is 35.8 Å². The molecule has 1 amide bonds. The first-order valence-electron chi connectivity index (χ1n) is 9.54. The number of nitrogen functional groups attached to an aromatic ring is 1. The summed E-state index contributed by atoms with van der Waals surface area (Å²) in [5.74, 6) is -0.519. The SMILES string of the molecule is CN(CC(=O)Nc1ccc(S(C)(=O)=O)cc1)c1c(N)n(Cc2ccccc2)c(=O)[nH]c1=O. The Morgan fingerprint density at radius 2 is 1.72 bits per heavy atom. The minimum Gasteiger partial charge on any atom is -0.383 e. The summed E-state index contributed by atoms with van der Waals surface area (Å²) in [6.45, 7) is -0.0767. The average molecular weight is 458 g/mol. The van der Waals surface area contributed by atoms with Crippen LogP contribution in [0.25, 0.3) is 0 Å². The highest BCUT2D eigenvalue weighted by atomic mass is 32.2. The molecule has 0 saturated carbocycles. The Morgan fingerprint density at radius 1 is 1.09 bits per heavy atom. The summed E-state index contributed by atoms with van der Waals surface area (Å²) in [7, 11) is -1.84. The molecule has 0 aliphatic heterocycles. The Labute approximate surface area is 184 Å². The first kappa shape index (κ1) is 22.8. The highest BCUT2D eigenvalue weighted by molar-refractivity contribution is 7.90. The summed E-state index contributed by atoms with van der Waals surface area (Å²) in [6.07, 6.45) is 1.09. The fourth-order valence-corrected chi connectivity index (χ4v) is 3.78. The molecule has 0 unspecified atom stereocenters. The van der Waals surface area contributed by atoms with Crippen LogP contribution in [0, 0.1) is 0 Å². The van der Waals surface area contributed by atoms with Gasteiger partial charge in [0.15, 0.2) is 9.84 Å². The first-order valence-corrected chi connectivity index (χ1v) is 11.4. The van der Waals surface area contributed by atoms with E-state index in [2.05, 4.69) is 10.3 Å². The van der Waals surface area contributed by atoms with Gasteiger partial charge in [-0.25, -0.2) is 13.2 Å². The second-order valence-corrected chi connectivity index (χ2v) is 9.28. The fourth-order valence-electron chi connectivity index (χ4n) is 3.15. The monoisotopic (exact) mass is 457 g/mol. The number of anilines is 3. The lowest BCUT2D eigenvalue weighted by atomic mass is 10.2. The Morgan fingerprint density at radius 3 is 2.31 bits per heavy atom. The molecule has 0 saturated heterocycles. The number of nitrogens with one attached hydrogen (secondary N) is 2. The largest absolute Gasteiger partial charge is 0.383 e. The van der Waals surface area contributed by atoms with Crippen LogP contribution < -0.4 is 27.2 Å².